The first-order valence-corrected chi connectivity index (χ1v) is 10.0. The van der Waals surface area contributed by atoms with Crippen LogP contribution in [-0.4, -0.2) is 28.7 Å². The molecule has 0 aromatic rings. The van der Waals surface area contributed by atoms with Crippen LogP contribution in [0.4, 0.5) is 0 Å². The number of halogens is 1. The molecular weight excluding hydrogens is 328 g/mol. The minimum Gasteiger partial charge on any atom is -0.393 e. The van der Waals surface area contributed by atoms with Crippen LogP contribution in [0.1, 0.15) is 52.9 Å². The van der Waals surface area contributed by atoms with Crippen molar-refractivity contribution in [3.8, 4) is 0 Å². The summed E-state index contributed by atoms with van der Waals surface area (Å²) in [6.45, 7) is 7.14. The second kappa shape index (κ2) is 6.49. The van der Waals surface area contributed by atoms with Gasteiger partial charge in [0, 0.05) is 5.33 Å². The zero-order chi connectivity index (χ0) is 15.1. The summed E-state index contributed by atoms with van der Waals surface area (Å²) in [5, 5.41) is 11.1. The Hall–Kier alpha value is 0.400. The summed E-state index contributed by atoms with van der Waals surface area (Å²) < 4.78 is 6.24. The number of fused-ring (bicyclic) bond motifs is 2. The number of aliphatic hydroxyl groups is 1. The largest absolute Gasteiger partial charge is 0.393 e. The van der Waals surface area contributed by atoms with E-state index in [0.29, 0.717) is 24.0 Å². The molecule has 1 aliphatic carbocycles. The fourth-order valence-corrected chi connectivity index (χ4v) is 6.14. The molecule has 3 rings (SSSR count). The molecule has 3 fully saturated rings. The van der Waals surface area contributed by atoms with E-state index in [-0.39, 0.29) is 6.10 Å². The zero-order valence-corrected chi connectivity index (χ0v) is 15.3. The Morgan fingerprint density at radius 2 is 1.81 bits per heavy atom. The number of alkyl halides is 1. The molecule has 122 valence electrons. The Labute approximate surface area is 138 Å². The van der Waals surface area contributed by atoms with Gasteiger partial charge in [-0.2, -0.15) is 0 Å². The lowest BCUT2D eigenvalue weighted by Crippen LogP contribution is -2.41. The molecule has 3 aliphatic rings. The predicted molar refractivity (Wildman–Crippen MR) is 89.5 cm³/mol. The summed E-state index contributed by atoms with van der Waals surface area (Å²) >= 11 is 3.68. The van der Waals surface area contributed by atoms with E-state index >= 15 is 0 Å². The first-order chi connectivity index (χ1) is 10.0. The summed E-state index contributed by atoms with van der Waals surface area (Å²) in [4.78, 5) is 0. The van der Waals surface area contributed by atoms with Crippen LogP contribution >= 0.6 is 15.9 Å². The third kappa shape index (κ3) is 3.07. The van der Waals surface area contributed by atoms with Crippen LogP contribution in [0.5, 0.6) is 0 Å². The van der Waals surface area contributed by atoms with Gasteiger partial charge in [0.2, 0.25) is 0 Å². The van der Waals surface area contributed by atoms with Crippen LogP contribution < -0.4 is 0 Å². The zero-order valence-electron chi connectivity index (χ0n) is 13.7. The molecular formula is C18H31BrO2. The van der Waals surface area contributed by atoms with E-state index in [1.165, 1.54) is 19.3 Å². The van der Waals surface area contributed by atoms with Crippen molar-refractivity contribution >= 4 is 15.9 Å². The lowest BCUT2D eigenvalue weighted by molar-refractivity contribution is -0.00129. The molecule has 1 N–H and O–H groups in total. The van der Waals surface area contributed by atoms with Gasteiger partial charge in [-0.3, -0.25) is 0 Å². The van der Waals surface area contributed by atoms with Crippen LogP contribution in [0.15, 0.2) is 0 Å². The van der Waals surface area contributed by atoms with Crippen LogP contribution in [0, 0.1) is 35.5 Å². The first kappa shape index (κ1) is 16.3. The molecule has 2 heterocycles. The summed E-state index contributed by atoms with van der Waals surface area (Å²) in [6, 6.07) is 0. The molecule has 2 saturated heterocycles. The average Bonchev–Trinajstić information content (AvgIpc) is 3.06. The normalized spacial score (nSPS) is 48.0. The molecule has 0 aromatic heterocycles. The number of rotatable bonds is 4. The highest BCUT2D eigenvalue weighted by atomic mass is 79.9. The van der Waals surface area contributed by atoms with Crippen LogP contribution in [0.3, 0.4) is 0 Å². The quantitative estimate of drug-likeness (QED) is 0.761. The van der Waals surface area contributed by atoms with Gasteiger partial charge in [0.25, 0.3) is 0 Å². The van der Waals surface area contributed by atoms with Gasteiger partial charge < -0.3 is 9.84 Å². The number of hydrogen-bond donors (Lipinski definition) is 1. The van der Waals surface area contributed by atoms with Crippen molar-refractivity contribution < 1.29 is 9.84 Å². The topological polar surface area (TPSA) is 29.5 Å². The van der Waals surface area contributed by atoms with Crippen molar-refractivity contribution in [3.05, 3.63) is 0 Å². The van der Waals surface area contributed by atoms with Gasteiger partial charge in [0.15, 0.2) is 0 Å². The van der Waals surface area contributed by atoms with E-state index in [1.807, 2.05) is 0 Å². The van der Waals surface area contributed by atoms with E-state index in [2.05, 4.69) is 36.7 Å². The molecule has 1 saturated carbocycles. The van der Waals surface area contributed by atoms with E-state index in [4.69, 9.17) is 4.74 Å². The van der Waals surface area contributed by atoms with Gasteiger partial charge in [-0.1, -0.05) is 36.7 Å². The smallest absolute Gasteiger partial charge is 0.0647 e. The average molecular weight is 359 g/mol. The maximum absolute atomic E-state index is 10.0. The van der Waals surface area contributed by atoms with Crippen molar-refractivity contribution in [2.24, 2.45) is 35.5 Å². The number of ether oxygens (including phenoxy) is 1. The lowest BCUT2D eigenvalue weighted by atomic mass is 9.62. The summed E-state index contributed by atoms with van der Waals surface area (Å²) in [5.74, 6) is 4.35. The van der Waals surface area contributed by atoms with Crippen molar-refractivity contribution in [2.75, 3.05) is 5.33 Å². The first-order valence-electron chi connectivity index (χ1n) is 8.90. The molecule has 2 bridgehead atoms. The van der Waals surface area contributed by atoms with Gasteiger partial charge in [0.1, 0.15) is 0 Å². The van der Waals surface area contributed by atoms with Crippen LogP contribution in [0.25, 0.3) is 0 Å². The Morgan fingerprint density at radius 3 is 2.43 bits per heavy atom. The van der Waals surface area contributed by atoms with Crippen molar-refractivity contribution in [1.29, 1.82) is 0 Å². The van der Waals surface area contributed by atoms with Gasteiger partial charge in [-0.05, 0) is 67.6 Å². The van der Waals surface area contributed by atoms with Gasteiger partial charge in [-0.25, -0.2) is 0 Å². The fraction of sp³-hybridized carbons (Fsp3) is 1.00. The summed E-state index contributed by atoms with van der Waals surface area (Å²) in [5.41, 5.74) is 0. The monoisotopic (exact) mass is 358 g/mol. The van der Waals surface area contributed by atoms with Crippen molar-refractivity contribution in [2.45, 2.75) is 71.2 Å². The van der Waals surface area contributed by atoms with Crippen LogP contribution in [0.2, 0.25) is 0 Å². The second-order valence-corrected chi connectivity index (χ2v) is 8.82. The van der Waals surface area contributed by atoms with Gasteiger partial charge in [0.05, 0.1) is 18.3 Å². The maximum Gasteiger partial charge on any atom is 0.0647 e. The number of hydrogen-bond acceptors (Lipinski definition) is 2. The Morgan fingerprint density at radius 1 is 1.05 bits per heavy atom. The van der Waals surface area contributed by atoms with E-state index in [0.717, 1.165) is 41.8 Å². The minimum atomic E-state index is -0.0626. The molecule has 8 atom stereocenters. The van der Waals surface area contributed by atoms with E-state index < -0.39 is 0 Å². The molecule has 0 aromatic carbocycles. The highest BCUT2D eigenvalue weighted by molar-refractivity contribution is 9.09. The second-order valence-electron chi connectivity index (χ2n) is 8.17. The van der Waals surface area contributed by atoms with E-state index in [9.17, 15) is 5.11 Å². The summed E-state index contributed by atoms with van der Waals surface area (Å²) in [6.07, 6.45) is 6.71. The standard InChI is InChI=1S/C18H31BrO2/c1-10(2)16-7-13(20)4-5-15(16)11(3)17-8-14-6-12(9-19)18(17)21-14/h10-18,20H,4-9H2,1-3H3. The molecule has 0 amide bonds. The SMILES string of the molecule is CC(C)C1CC(O)CCC1C(C)C1CC2CC(CBr)C1O2. The Balaban J connectivity index is 1.70. The lowest BCUT2D eigenvalue weighted by Gasteiger charge is -2.43. The Kier molecular flexibility index (Phi) is 5.03. The van der Waals surface area contributed by atoms with Crippen molar-refractivity contribution in [1.82, 2.24) is 0 Å². The van der Waals surface area contributed by atoms with Gasteiger partial charge >= 0.3 is 0 Å². The predicted octanol–water partition coefficient (Wildman–Crippen LogP) is 4.24. The highest BCUT2D eigenvalue weighted by Crippen LogP contribution is 2.51. The molecule has 2 aliphatic heterocycles. The molecule has 21 heavy (non-hydrogen) atoms. The molecule has 8 unspecified atom stereocenters. The molecule has 0 spiro atoms. The molecule has 2 nitrogen and oxygen atoms in total. The minimum absolute atomic E-state index is 0.0626. The van der Waals surface area contributed by atoms with Crippen LogP contribution in [-0.2, 0) is 4.74 Å². The fourth-order valence-electron chi connectivity index (χ4n) is 5.51. The Bertz CT molecular complexity index is 359. The third-order valence-electron chi connectivity index (χ3n) is 6.67. The van der Waals surface area contributed by atoms with Crippen molar-refractivity contribution in [3.63, 3.8) is 0 Å². The molecule has 3 heteroatoms. The maximum atomic E-state index is 10.0. The summed E-state index contributed by atoms with van der Waals surface area (Å²) in [7, 11) is 0. The van der Waals surface area contributed by atoms with E-state index in [1.54, 1.807) is 0 Å². The highest BCUT2D eigenvalue weighted by Gasteiger charge is 2.51. The third-order valence-corrected chi connectivity index (χ3v) is 7.50. The van der Waals surface area contributed by atoms with Gasteiger partial charge in [-0.15, -0.1) is 0 Å². The molecule has 0 radical (unpaired) electrons. The number of aliphatic hydroxyl groups excluding tert-OH is 1.